The number of nitrogens with one attached hydrogen (secondary N) is 1. The summed E-state index contributed by atoms with van der Waals surface area (Å²) in [6.07, 6.45) is -0.578. The van der Waals surface area contributed by atoms with Crippen LogP contribution in [0.2, 0.25) is 0 Å². The third-order valence-corrected chi connectivity index (χ3v) is 4.26. The number of methoxy groups -OCH3 is 1. The summed E-state index contributed by atoms with van der Waals surface area (Å²) in [7, 11) is -1.77. The van der Waals surface area contributed by atoms with Gasteiger partial charge < -0.3 is 14.4 Å². The van der Waals surface area contributed by atoms with Crippen LogP contribution in [0.25, 0.3) is 0 Å². The molecule has 2 N–H and O–H groups in total. The molecule has 11 heteroatoms. The SMILES string of the molecule is CC[C@H](OC(C)n1ccc(=O)[nH]c1=O)C(COC)OP(=O)(O)OC. The van der Waals surface area contributed by atoms with Gasteiger partial charge in [-0.25, -0.2) is 9.36 Å². The van der Waals surface area contributed by atoms with Crippen molar-refractivity contribution in [2.75, 3.05) is 20.8 Å². The Hall–Kier alpha value is -1.29. The predicted molar refractivity (Wildman–Crippen MR) is 84.8 cm³/mol. The number of phosphoric ester groups is 1. The summed E-state index contributed by atoms with van der Waals surface area (Å²) < 4.78 is 33.1. The fourth-order valence-electron chi connectivity index (χ4n) is 2.06. The standard InChI is InChI=1S/C13H23N2O8P/c1-5-10(11(8-20-3)23-24(18,19)21-4)22-9(2)15-7-6-12(16)14-13(15)17/h6-7,9-11H,5,8H2,1-4H3,(H,18,19)(H,14,16,17)/t9?,10-,11?/m0/s1. The molecule has 0 spiro atoms. The molecular formula is C13H23N2O8P. The van der Waals surface area contributed by atoms with Crippen LogP contribution in [0.3, 0.4) is 0 Å². The van der Waals surface area contributed by atoms with E-state index in [1.807, 2.05) is 0 Å². The van der Waals surface area contributed by atoms with Crippen LogP contribution < -0.4 is 11.2 Å². The molecular weight excluding hydrogens is 343 g/mol. The van der Waals surface area contributed by atoms with Gasteiger partial charge in [0.25, 0.3) is 5.56 Å². The van der Waals surface area contributed by atoms with Crippen molar-refractivity contribution >= 4 is 7.82 Å². The highest BCUT2D eigenvalue weighted by atomic mass is 31.2. The second kappa shape index (κ2) is 9.26. The molecule has 0 aromatic carbocycles. The number of H-pyrrole nitrogens is 1. The first-order valence-corrected chi connectivity index (χ1v) is 8.76. The van der Waals surface area contributed by atoms with Gasteiger partial charge in [-0.05, 0) is 13.3 Å². The van der Waals surface area contributed by atoms with E-state index < -0.39 is 37.5 Å². The minimum Gasteiger partial charge on any atom is -0.382 e. The molecule has 1 rings (SSSR count). The van der Waals surface area contributed by atoms with E-state index in [-0.39, 0.29) is 6.61 Å². The van der Waals surface area contributed by atoms with Gasteiger partial charge in [-0.1, -0.05) is 6.92 Å². The van der Waals surface area contributed by atoms with Gasteiger partial charge in [-0.2, -0.15) is 0 Å². The van der Waals surface area contributed by atoms with Crippen LogP contribution in [0.15, 0.2) is 21.9 Å². The highest BCUT2D eigenvalue weighted by Gasteiger charge is 2.32. The van der Waals surface area contributed by atoms with Crippen molar-refractivity contribution in [1.29, 1.82) is 0 Å². The molecule has 0 radical (unpaired) electrons. The Bertz CT molecular complexity index is 672. The third-order valence-electron chi connectivity index (χ3n) is 3.26. The zero-order valence-corrected chi connectivity index (χ0v) is 14.9. The molecule has 0 amide bonds. The summed E-state index contributed by atoms with van der Waals surface area (Å²) in [6, 6.07) is 1.19. The Labute approximate surface area is 138 Å². The quantitative estimate of drug-likeness (QED) is 0.577. The molecule has 4 atom stereocenters. The fraction of sp³-hybridized carbons (Fsp3) is 0.692. The fourth-order valence-corrected chi connectivity index (χ4v) is 2.69. The number of phosphoric acid groups is 1. The largest absolute Gasteiger partial charge is 0.472 e. The zero-order chi connectivity index (χ0) is 18.3. The summed E-state index contributed by atoms with van der Waals surface area (Å²) in [5, 5.41) is 0. The lowest BCUT2D eigenvalue weighted by atomic mass is 10.1. The van der Waals surface area contributed by atoms with Crippen LogP contribution in [0, 0.1) is 0 Å². The summed E-state index contributed by atoms with van der Waals surface area (Å²) in [6.45, 7) is 3.37. The van der Waals surface area contributed by atoms with Crippen LogP contribution in [-0.2, 0) is 23.1 Å². The van der Waals surface area contributed by atoms with Crippen molar-refractivity contribution in [3.05, 3.63) is 33.1 Å². The maximum Gasteiger partial charge on any atom is 0.472 e. The average Bonchev–Trinajstić information content (AvgIpc) is 2.51. The van der Waals surface area contributed by atoms with Crippen molar-refractivity contribution < 1.29 is 28.0 Å². The minimum atomic E-state index is -4.23. The molecule has 0 aliphatic heterocycles. The van der Waals surface area contributed by atoms with Gasteiger partial charge in [-0.3, -0.25) is 23.4 Å². The van der Waals surface area contributed by atoms with Gasteiger partial charge in [0.15, 0.2) is 0 Å². The molecule has 1 heterocycles. The van der Waals surface area contributed by atoms with Crippen LogP contribution in [-0.4, -0.2) is 47.5 Å². The molecule has 0 aliphatic carbocycles. The predicted octanol–water partition coefficient (Wildman–Crippen LogP) is 0.629. The maximum absolute atomic E-state index is 11.8. The Balaban J connectivity index is 2.94. The molecule has 1 aromatic heterocycles. The third kappa shape index (κ3) is 5.97. The first-order chi connectivity index (χ1) is 11.2. The first-order valence-electron chi connectivity index (χ1n) is 7.26. The normalized spacial score (nSPS) is 17.9. The van der Waals surface area contributed by atoms with Crippen LogP contribution in [0.4, 0.5) is 0 Å². The maximum atomic E-state index is 11.8. The van der Waals surface area contributed by atoms with Crippen LogP contribution in [0.5, 0.6) is 0 Å². The molecule has 0 aliphatic rings. The first kappa shape index (κ1) is 20.8. The Kier molecular flexibility index (Phi) is 8.01. The topological polar surface area (TPSA) is 129 Å². The van der Waals surface area contributed by atoms with Crippen molar-refractivity contribution in [2.24, 2.45) is 0 Å². The molecule has 0 saturated carbocycles. The highest BCUT2D eigenvalue weighted by Crippen LogP contribution is 2.44. The van der Waals surface area contributed by atoms with E-state index in [1.54, 1.807) is 13.8 Å². The van der Waals surface area contributed by atoms with Crippen molar-refractivity contribution in [3.63, 3.8) is 0 Å². The van der Waals surface area contributed by atoms with E-state index in [0.717, 1.165) is 7.11 Å². The minimum absolute atomic E-state index is 0.0142. The number of aromatic nitrogens is 2. The molecule has 0 fully saturated rings. The molecule has 1 aromatic rings. The van der Waals surface area contributed by atoms with Gasteiger partial charge in [0, 0.05) is 26.5 Å². The summed E-state index contributed by atoms with van der Waals surface area (Å²) >= 11 is 0. The van der Waals surface area contributed by atoms with Gasteiger partial charge >= 0.3 is 13.5 Å². The summed E-state index contributed by atoms with van der Waals surface area (Å²) in [5.74, 6) is 0. The van der Waals surface area contributed by atoms with Crippen molar-refractivity contribution in [3.8, 4) is 0 Å². The number of aromatic amines is 1. The highest BCUT2D eigenvalue weighted by molar-refractivity contribution is 7.47. The molecule has 3 unspecified atom stereocenters. The Morgan fingerprint density at radius 2 is 2.00 bits per heavy atom. The van der Waals surface area contributed by atoms with E-state index in [4.69, 9.17) is 14.0 Å². The molecule has 24 heavy (non-hydrogen) atoms. The van der Waals surface area contributed by atoms with Gasteiger partial charge in [0.2, 0.25) is 0 Å². The van der Waals surface area contributed by atoms with Gasteiger partial charge in [0.05, 0.1) is 12.7 Å². The van der Waals surface area contributed by atoms with E-state index in [0.29, 0.717) is 6.42 Å². The van der Waals surface area contributed by atoms with Gasteiger partial charge in [-0.15, -0.1) is 0 Å². The smallest absolute Gasteiger partial charge is 0.382 e. The van der Waals surface area contributed by atoms with Gasteiger partial charge in [0.1, 0.15) is 12.3 Å². The lowest BCUT2D eigenvalue weighted by Gasteiger charge is -2.29. The average molecular weight is 366 g/mol. The second-order valence-electron chi connectivity index (χ2n) is 4.95. The Morgan fingerprint density at radius 3 is 2.50 bits per heavy atom. The lowest BCUT2D eigenvalue weighted by molar-refractivity contribution is -0.113. The molecule has 0 bridgehead atoms. The van der Waals surface area contributed by atoms with E-state index >= 15 is 0 Å². The molecule has 138 valence electrons. The van der Waals surface area contributed by atoms with E-state index in [2.05, 4.69) is 9.51 Å². The Morgan fingerprint density at radius 1 is 1.33 bits per heavy atom. The lowest BCUT2D eigenvalue weighted by Crippen LogP contribution is -2.38. The number of ether oxygens (including phenoxy) is 2. The number of nitrogens with zero attached hydrogens (tertiary/aromatic N) is 1. The monoisotopic (exact) mass is 366 g/mol. The molecule has 10 nitrogen and oxygen atoms in total. The van der Waals surface area contributed by atoms with Crippen molar-refractivity contribution in [1.82, 2.24) is 9.55 Å². The summed E-state index contributed by atoms with van der Waals surface area (Å²) in [5.41, 5.74) is -1.14. The summed E-state index contributed by atoms with van der Waals surface area (Å²) in [4.78, 5) is 34.5. The number of hydrogen-bond acceptors (Lipinski definition) is 7. The number of rotatable bonds is 10. The van der Waals surface area contributed by atoms with Crippen LogP contribution in [0.1, 0.15) is 26.5 Å². The van der Waals surface area contributed by atoms with Crippen LogP contribution >= 0.6 is 7.82 Å². The van der Waals surface area contributed by atoms with E-state index in [1.165, 1.54) is 23.9 Å². The van der Waals surface area contributed by atoms with Crippen molar-refractivity contribution in [2.45, 2.75) is 38.7 Å². The second-order valence-corrected chi connectivity index (χ2v) is 6.46. The van der Waals surface area contributed by atoms with E-state index in [9.17, 15) is 19.0 Å². The zero-order valence-electron chi connectivity index (χ0n) is 14.0. The molecule has 0 saturated heterocycles. The number of hydrogen-bond donors (Lipinski definition) is 2.